The van der Waals surface area contributed by atoms with Crippen LogP contribution in [0.3, 0.4) is 0 Å². The van der Waals surface area contributed by atoms with Gasteiger partial charge in [-0.15, -0.1) is 0 Å². The van der Waals surface area contributed by atoms with Crippen molar-refractivity contribution in [3.63, 3.8) is 0 Å². The van der Waals surface area contributed by atoms with Gasteiger partial charge in [-0.2, -0.15) is 0 Å². The Bertz CT molecular complexity index is 568. The lowest BCUT2D eigenvalue weighted by Gasteiger charge is -2.42. The van der Waals surface area contributed by atoms with E-state index in [2.05, 4.69) is 60.3 Å². The second kappa shape index (κ2) is 7.43. The van der Waals surface area contributed by atoms with Gasteiger partial charge in [-0.3, -0.25) is 0 Å². The van der Waals surface area contributed by atoms with Gasteiger partial charge < -0.3 is 20.0 Å². The number of urea groups is 1. The number of piperidine rings is 1. The highest BCUT2D eigenvalue weighted by Crippen LogP contribution is 2.21. The third-order valence-corrected chi connectivity index (χ3v) is 5.29. The molecule has 0 saturated carbocycles. The molecule has 2 heterocycles. The predicted octanol–water partition coefficient (Wildman–Crippen LogP) is 2.31. The van der Waals surface area contributed by atoms with Gasteiger partial charge in [-0.05, 0) is 64.5 Å². The summed E-state index contributed by atoms with van der Waals surface area (Å²) >= 11 is 0. The fourth-order valence-corrected chi connectivity index (χ4v) is 3.75. The summed E-state index contributed by atoms with van der Waals surface area (Å²) < 4.78 is 0. The van der Waals surface area contributed by atoms with Crippen molar-refractivity contribution in [1.29, 1.82) is 0 Å². The number of carbonyl (C=O) groups excluding carboxylic acids is 1. The molecular weight excluding hydrogens is 300 g/mol. The van der Waals surface area contributed by atoms with Crippen molar-refractivity contribution >= 4 is 11.7 Å². The molecule has 132 valence electrons. The molecule has 1 atom stereocenters. The van der Waals surface area contributed by atoms with E-state index in [9.17, 15) is 4.79 Å². The lowest BCUT2D eigenvalue weighted by Crippen LogP contribution is -2.57. The first-order valence-corrected chi connectivity index (χ1v) is 9.10. The summed E-state index contributed by atoms with van der Waals surface area (Å²) in [4.78, 5) is 19.3. The number of rotatable bonds is 2. The molecule has 5 heteroatoms. The smallest absolute Gasteiger partial charge is 0.317 e. The Labute approximate surface area is 145 Å². The van der Waals surface area contributed by atoms with Gasteiger partial charge in [0, 0.05) is 37.4 Å². The molecule has 2 fully saturated rings. The number of amides is 2. The van der Waals surface area contributed by atoms with Crippen LogP contribution in [0, 0.1) is 6.92 Å². The van der Waals surface area contributed by atoms with E-state index >= 15 is 0 Å². The number of nitrogens with one attached hydrogen (secondary N) is 1. The topological polar surface area (TPSA) is 38.8 Å². The van der Waals surface area contributed by atoms with Crippen LogP contribution in [0.4, 0.5) is 10.5 Å². The fraction of sp³-hybridized carbons (Fsp3) is 0.632. The molecule has 5 nitrogen and oxygen atoms in total. The van der Waals surface area contributed by atoms with Gasteiger partial charge in [0.15, 0.2) is 0 Å². The van der Waals surface area contributed by atoms with Gasteiger partial charge in [0.2, 0.25) is 0 Å². The van der Waals surface area contributed by atoms with Crippen LogP contribution < -0.4 is 10.2 Å². The minimum absolute atomic E-state index is 0.111. The minimum atomic E-state index is 0.111. The van der Waals surface area contributed by atoms with Crippen molar-refractivity contribution < 1.29 is 4.79 Å². The third-order valence-electron chi connectivity index (χ3n) is 5.29. The molecule has 2 saturated heterocycles. The van der Waals surface area contributed by atoms with E-state index in [0.29, 0.717) is 12.1 Å². The zero-order valence-corrected chi connectivity index (χ0v) is 15.2. The minimum Gasteiger partial charge on any atom is -0.365 e. The number of likely N-dealkylation sites (tertiary alicyclic amines) is 1. The lowest BCUT2D eigenvalue weighted by molar-refractivity contribution is 0.172. The first-order chi connectivity index (χ1) is 11.5. The van der Waals surface area contributed by atoms with E-state index in [1.165, 1.54) is 11.3 Å². The molecule has 3 rings (SSSR count). The number of piperazine rings is 1. The Morgan fingerprint density at radius 3 is 2.58 bits per heavy atom. The van der Waals surface area contributed by atoms with Gasteiger partial charge in [0.25, 0.3) is 0 Å². The Hall–Kier alpha value is -1.75. The monoisotopic (exact) mass is 330 g/mol. The molecule has 2 aliphatic heterocycles. The van der Waals surface area contributed by atoms with E-state index in [1.54, 1.807) is 0 Å². The normalized spacial score (nSPS) is 23.4. The highest BCUT2D eigenvalue weighted by atomic mass is 16.2. The SMILES string of the molecule is Cc1cccc(N2CCN(C(=O)NC3CCN(C)CC3)C[C@H]2C)c1. The standard InChI is InChI=1S/C19H30N4O/c1-15-5-4-6-18(13-15)23-12-11-22(14-16(23)2)19(24)20-17-7-9-21(3)10-8-17/h4-6,13,16-17H,7-12,14H2,1-3H3,(H,20,24)/t16-/m1/s1. The molecule has 24 heavy (non-hydrogen) atoms. The van der Waals surface area contributed by atoms with E-state index < -0.39 is 0 Å². The zero-order valence-electron chi connectivity index (χ0n) is 15.2. The molecule has 1 aromatic rings. The van der Waals surface area contributed by atoms with Gasteiger partial charge >= 0.3 is 6.03 Å². The molecule has 2 amide bonds. The number of hydrogen-bond donors (Lipinski definition) is 1. The number of hydrogen-bond acceptors (Lipinski definition) is 3. The molecule has 1 N–H and O–H groups in total. The van der Waals surface area contributed by atoms with E-state index in [1.807, 2.05) is 4.90 Å². The van der Waals surface area contributed by atoms with Crippen molar-refractivity contribution in [3.8, 4) is 0 Å². The molecule has 0 aromatic heterocycles. The van der Waals surface area contributed by atoms with Crippen LogP contribution in [0.15, 0.2) is 24.3 Å². The van der Waals surface area contributed by atoms with Crippen LogP contribution in [-0.4, -0.2) is 67.7 Å². The van der Waals surface area contributed by atoms with E-state index in [4.69, 9.17) is 0 Å². The van der Waals surface area contributed by atoms with Crippen molar-refractivity contribution in [3.05, 3.63) is 29.8 Å². The number of aryl methyl sites for hydroxylation is 1. The fourth-order valence-electron chi connectivity index (χ4n) is 3.75. The molecule has 0 radical (unpaired) electrons. The molecular formula is C19H30N4O. The van der Waals surface area contributed by atoms with Crippen LogP contribution in [0.2, 0.25) is 0 Å². The molecule has 0 unspecified atom stereocenters. The van der Waals surface area contributed by atoms with Crippen LogP contribution in [0.5, 0.6) is 0 Å². The Kier molecular flexibility index (Phi) is 5.29. The Balaban J connectivity index is 1.54. The van der Waals surface area contributed by atoms with Crippen molar-refractivity contribution in [1.82, 2.24) is 15.1 Å². The second-order valence-electron chi connectivity index (χ2n) is 7.35. The Morgan fingerprint density at radius 2 is 1.92 bits per heavy atom. The van der Waals surface area contributed by atoms with Crippen LogP contribution >= 0.6 is 0 Å². The van der Waals surface area contributed by atoms with Crippen molar-refractivity contribution in [2.24, 2.45) is 0 Å². The van der Waals surface area contributed by atoms with Gasteiger partial charge in [0.05, 0.1) is 0 Å². The summed E-state index contributed by atoms with van der Waals surface area (Å²) in [6.45, 7) is 8.94. The second-order valence-corrected chi connectivity index (χ2v) is 7.35. The number of benzene rings is 1. The van der Waals surface area contributed by atoms with Crippen LogP contribution in [0.1, 0.15) is 25.3 Å². The van der Waals surface area contributed by atoms with Crippen LogP contribution in [0.25, 0.3) is 0 Å². The summed E-state index contributed by atoms with van der Waals surface area (Å²) in [6, 6.07) is 9.40. The number of nitrogens with zero attached hydrogens (tertiary/aromatic N) is 3. The highest BCUT2D eigenvalue weighted by molar-refractivity contribution is 5.75. The quantitative estimate of drug-likeness (QED) is 0.904. The zero-order chi connectivity index (χ0) is 17.1. The maximum atomic E-state index is 12.6. The van der Waals surface area contributed by atoms with Gasteiger partial charge in [-0.25, -0.2) is 4.79 Å². The summed E-state index contributed by atoms with van der Waals surface area (Å²) in [5, 5.41) is 3.24. The average molecular weight is 330 g/mol. The highest BCUT2D eigenvalue weighted by Gasteiger charge is 2.28. The maximum absolute atomic E-state index is 12.6. The van der Waals surface area contributed by atoms with Gasteiger partial charge in [0.1, 0.15) is 0 Å². The molecule has 0 bridgehead atoms. The molecule has 1 aromatic carbocycles. The summed E-state index contributed by atoms with van der Waals surface area (Å²) in [7, 11) is 2.14. The maximum Gasteiger partial charge on any atom is 0.317 e. The molecule has 0 aliphatic carbocycles. The largest absolute Gasteiger partial charge is 0.365 e. The summed E-state index contributed by atoms with van der Waals surface area (Å²) in [6.07, 6.45) is 2.11. The van der Waals surface area contributed by atoms with E-state index in [0.717, 1.165) is 45.6 Å². The lowest BCUT2D eigenvalue weighted by atomic mass is 10.1. The predicted molar refractivity (Wildman–Crippen MR) is 98.6 cm³/mol. The summed E-state index contributed by atoms with van der Waals surface area (Å²) in [5.74, 6) is 0. The molecule has 2 aliphatic rings. The van der Waals surface area contributed by atoms with E-state index in [-0.39, 0.29) is 6.03 Å². The molecule has 0 spiro atoms. The van der Waals surface area contributed by atoms with Crippen molar-refractivity contribution in [2.45, 2.75) is 38.8 Å². The number of anilines is 1. The van der Waals surface area contributed by atoms with Crippen molar-refractivity contribution in [2.75, 3.05) is 44.7 Å². The first-order valence-electron chi connectivity index (χ1n) is 9.10. The average Bonchev–Trinajstić information content (AvgIpc) is 2.57. The summed E-state index contributed by atoms with van der Waals surface area (Å²) in [5.41, 5.74) is 2.54. The number of carbonyl (C=O) groups is 1. The first kappa shape index (κ1) is 17.1. The Morgan fingerprint density at radius 1 is 1.17 bits per heavy atom. The van der Waals surface area contributed by atoms with Crippen LogP contribution in [-0.2, 0) is 0 Å². The third kappa shape index (κ3) is 4.01. The van der Waals surface area contributed by atoms with Gasteiger partial charge in [-0.1, -0.05) is 12.1 Å².